The van der Waals surface area contributed by atoms with Crippen LogP contribution in [-0.4, -0.2) is 23.8 Å². The van der Waals surface area contributed by atoms with E-state index in [1.807, 2.05) is 44.2 Å². The van der Waals surface area contributed by atoms with E-state index in [0.29, 0.717) is 17.5 Å². The zero-order chi connectivity index (χ0) is 27.2. The lowest BCUT2D eigenvalue weighted by Crippen LogP contribution is -2.43. The Balaban J connectivity index is 1.71. The zero-order valence-electron chi connectivity index (χ0n) is 21.2. The summed E-state index contributed by atoms with van der Waals surface area (Å²) in [5.74, 6) is -0.357. The molecule has 0 fully saturated rings. The lowest BCUT2D eigenvalue weighted by Gasteiger charge is -2.15. The quantitative estimate of drug-likeness (QED) is 0.229. The third kappa shape index (κ3) is 6.03. The fourth-order valence-electron chi connectivity index (χ4n) is 4.19. The zero-order valence-corrected chi connectivity index (χ0v) is 21.2. The van der Waals surface area contributed by atoms with Gasteiger partial charge in [-0.1, -0.05) is 62.4 Å². The number of rotatable bonds is 10. The molecule has 0 saturated carbocycles. The van der Waals surface area contributed by atoms with Gasteiger partial charge in [-0.05, 0) is 36.1 Å². The van der Waals surface area contributed by atoms with Gasteiger partial charge in [0.25, 0.3) is 0 Å². The molecule has 4 aromatic rings. The molecule has 196 valence electrons. The molecule has 0 radical (unpaired) electrons. The number of halogens is 1. The number of benzene rings is 2. The van der Waals surface area contributed by atoms with Crippen molar-refractivity contribution in [2.45, 2.75) is 39.9 Å². The number of nitro groups is 1. The predicted molar refractivity (Wildman–Crippen MR) is 143 cm³/mol. The molecule has 2 aromatic heterocycles. The van der Waals surface area contributed by atoms with Crippen LogP contribution in [0.4, 0.5) is 10.1 Å². The Labute approximate surface area is 218 Å². The molecule has 0 spiro atoms. The summed E-state index contributed by atoms with van der Waals surface area (Å²) in [6.07, 6.45) is 6.51. The van der Waals surface area contributed by atoms with Crippen molar-refractivity contribution >= 4 is 17.8 Å². The molecule has 0 aliphatic carbocycles. The molecular weight excluding hydrogens is 489 g/mol. The summed E-state index contributed by atoms with van der Waals surface area (Å²) in [6.45, 7) is 4.19. The van der Waals surface area contributed by atoms with Gasteiger partial charge in [0.1, 0.15) is 11.5 Å². The van der Waals surface area contributed by atoms with Crippen molar-refractivity contribution in [1.29, 1.82) is 0 Å². The standard InChI is InChI=1S/C28H28FN5O4/c1-20(2)17-33-25(13-12-22-16-30-31(18-22)19-23-10-6-7-11-24(23)29)26(34(37)38)27(35)32(28(33)36)15-14-21-8-4-3-5-9-21/h3-13,16,18,20H,14-15,17,19H2,1-2H3/b13-12+. The van der Waals surface area contributed by atoms with Gasteiger partial charge in [0.05, 0.1) is 17.7 Å². The summed E-state index contributed by atoms with van der Waals surface area (Å²) >= 11 is 0. The van der Waals surface area contributed by atoms with Crippen LogP contribution >= 0.6 is 0 Å². The SMILES string of the molecule is CC(C)Cn1c(/C=C/c2cnn(Cc3ccccc3F)c2)c([N+](=O)[O-])c(=O)n(CCc2ccccc2)c1=O. The average molecular weight is 518 g/mol. The molecule has 0 aliphatic heterocycles. The van der Waals surface area contributed by atoms with Gasteiger partial charge in [-0.2, -0.15) is 5.10 Å². The molecule has 0 unspecified atom stereocenters. The largest absolute Gasteiger partial charge is 0.357 e. The van der Waals surface area contributed by atoms with Crippen LogP contribution in [0.15, 0.2) is 76.6 Å². The second kappa shape index (κ2) is 11.6. The second-order valence-electron chi connectivity index (χ2n) is 9.37. The molecule has 2 heterocycles. The Morgan fingerprint density at radius 2 is 1.74 bits per heavy atom. The minimum atomic E-state index is -0.939. The van der Waals surface area contributed by atoms with Crippen LogP contribution in [0.25, 0.3) is 12.2 Å². The molecule has 0 saturated heterocycles. The Morgan fingerprint density at radius 3 is 2.42 bits per heavy atom. The Bertz CT molecular complexity index is 1590. The predicted octanol–water partition coefficient (Wildman–Crippen LogP) is 4.37. The Kier molecular flexibility index (Phi) is 8.10. The number of aryl methyl sites for hydroxylation is 1. The van der Waals surface area contributed by atoms with Crippen LogP contribution in [-0.2, 0) is 26.1 Å². The summed E-state index contributed by atoms with van der Waals surface area (Å²) in [4.78, 5) is 37.9. The topological polar surface area (TPSA) is 105 Å². The number of hydrogen-bond acceptors (Lipinski definition) is 5. The van der Waals surface area contributed by atoms with Crippen molar-refractivity contribution in [2.75, 3.05) is 0 Å². The molecule has 4 rings (SSSR count). The normalized spacial score (nSPS) is 11.5. The maximum Gasteiger partial charge on any atom is 0.357 e. The van der Waals surface area contributed by atoms with E-state index in [0.717, 1.165) is 10.1 Å². The van der Waals surface area contributed by atoms with Crippen molar-refractivity contribution in [1.82, 2.24) is 18.9 Å². The van der Waals surface area contributed by atoms with Gasteiger partial charge >= 0.3 is 16.9 Å². The van der Waals surface area contributed by atoms with E-state index in [9.17, 15) is 24.1 Å². The highest BCUT2D eigenvalue weighted by Gasteiger charge is 2.26. The molecular formula is C28H28FN5O4. The monoisotopic (exact) mass is 517 g/mol. The maximum absolute atomic E-state index is 14.0. The van der Waals surface area contributed by atoms with Crippen molar-refractivity contribution in [3.63, 3.8) is 0 Å². The van der Waals surface area contributed by atoms with E-state index in [4.69, 9.17) is 0 Å². The maximum atomic E-state index is 14.0. The van der Waals surface area contributed by atoms with Gasteiger partial charge in [0.2, 0.25) is 0 Å². The minimum absolute atomic E-state index is 0.0111. The fraction of sp³-hybridized carbons (Fsp3) is 0.250. The van der Waals surface area contributed by atoms with Crippen LogP contribution < -0.4 is 11.2 Å². The van der Waals surface area contributed by atoms with E-state index in [2.05, 4.69) is 5.10 Å². The van der Waals surface area contributed by atoms with Gasteiger partial charge in [0.15, 0.2) is 0 Å². The Hall–Kier alpha value is -4.60. The summed E-state index contributed by atoms with van der Waals surface area (Å²) < 4.78 is 17.8. The van der Waals surface area contributed by atoms with Crippen LogP contribution in [0.1, 0.15) is 36.2 Å². The second-order valence-corrected chi connectivity index (χ2v) is 9.37. The first-order valence-corrected chi connectivity index (χ1v) is 12.2. The van der Waals surface area contributed by atoms with Crippen molar-refractivity contribution in [3.8, 4) is 0 Å². The summed E-state index contributed by atoms with van der Waals surface area (Å²) in [5.41, 5.74) is -0.317. The van der Waals surface area contributed by atoms with E-state index in [-0.39, 0.29) is 37.1 Å². The van der Waals surface area contributed by atoms with Crippen LogP contribution in [0.2, 0.25) is 0 Å². The molecule has 10 heteroatoms. The molecule has 0 atom stereocenters. The van der Waals surface area contributed by atoms with E-state index < -0.39 is 21.9 Å². The highest BCUT2D eigenvalue weighted by atomic mass is 19.1. The number of aromatic nitrogens is 4. The highest BCUT2D eigenvalue weighted by molar-refractivity contribution is 5.71. The molecule has 0 amide bonds. The van der Waals surface area contributed by atoms with Gasteiger partial charge in [-0.3, -0.25) is 28.7 Å². The first-order chi connectivity index (χ1) is 18.2. The molecule has 0 N–H and O–H groups in total. The first kappa shape index (κ1) is 26.5. The molecule has 9 nitrogen and oxygen atoms in total. The summed E-state index contributed by atoms with van der Waals surface area (Å²) in [5, 5.41) is 16.3. The van der Waals surface area contributed by atoms with Crippen molar-refractivity contribution < 1.29 is 9.31 Å². The summed E-state index contributed by atoms with van der Waals surface area (Å²) in [6, 6.07) is 15.7. The van der Waals surface area contributed by atoms with Crippen molar-refractivity contribution in [3.05, 3.63) is 126 Å². The third-order valence-corrected chi connectivity index (χ3v) is 6.02. The van der Waals surface area contributed by atoms with Gasteiger partial charge in [-0.25, -0.2) is 9.18 Å². The lowest BCUT2D eigenvalue weighted by atomic mass is 10.1. The van der Waals surface area contributed by atoms with Gasteiger partial charge in [-0.15, -0.1) is 0 Å². The number of nitrogens with zero attached hydrogens (tertiary/aromatic N) is 5. The smallest absolute Gasteiger partial charge is 0.287 e. The van der Waals surface area contributed by atoms with E-state index >= 15 is 0 Å². The Morgan fingerprint density at radius 1 is 1.03 bits per heavy atom. The van der Waals surface area contributed by atoms with Gasteiger partial charge < -0.3 is 0 Å². The fourth-order valence-corrected chi connectivity index (χ4v) is 4.19. The third-order valence-electron chi connectivity index (χ3n) is 6.02. The summed E-state index contributed by atoms with van der Waals surface area (Å²) in [7, 11) is 0. The molecule has 2 aromatic carbocycles. The first-order valence-electron chi connectivity index (χ1n) is 12.2. The number of hydrogen-bond donors (Lipinski definition) is 0. The van der Waals surface area contributed by atoms with Crippen LogP contribution in [0.5, 0.6) is 0 Å². The molecule has 0 bridgehead atoms. The average Bonchev–Trinajstić information content (AvgIpc) is 3.33. The van der Waals surface area contributed by atoms with E-state index in [1.165, 1.54) is 27.6 Å². The highest BCUT2D eigenvalue weighted by Crippen LogP contribution is 2.18. The van der Waals surface area contributed by atoms with Crippen LogP contribution in [0, 0.1) is 21.8 Å². The van der Waals surface area contributed by atoms with Crippen LogP contribution in [0.3, 0.4) is 0 Å². The van der Waals surface area contributed by atoms with E-state index in [1.54, 1.807) is 30.5 Å². The molecule has 0 aliphatic rings. The minimum Gasteiger partial charge on any atom is -0.287 e. The van der Waals surface area contributed by atoms with Crippen molar-refractivity contribution in [2.24, 2.45) is 5.92 Å². The van der Waals surface area contributed by atoms with Gasteiger partial charge in [0, 0.05) is 30.4 Å². The lowest BCUT2D eigenvalue weighted by molar-refractivity contribution is -0.387. The molecule has 38 heavy (non-hydrogen) atoms.